The van der Waals surface area contributed by atoms with Gasteiger partial charge in [0.05, 0.1) is 27.7 Å². The molecule has 8 heteroatoms. The van der Waals surface area contributed by atoms with Crippen molar-refractivity contribution >= 4 is 39.9 Å². The number of nitrogen functional groups attached to an aromatic ring is 1. The standard InChI is InChI=1S/C20H21N5O2S/c1-11-3-2-4-15-18(11)25(12-5-7-13(26)8-6-12)20(23-15)24-19(27)16-9-14(22)17(10-21)28-16/h2-4,9,12-13,26H,5-8,22H2,1H3,(H,23,24,27)/t12-,13-. The number of nitrogens with one attached hydrogen (secondary N) is 1. The number of carbonyl (C=O) groups is 1. The number of fused-ring (bicyclic) bond motifs is 1. The molecule has 0 atom stereocenters. The van der Waals surface area contributed by atoms with Crippen molar-refractivity contribution in [2.24, 2.45) is 0 Å². The lowest BCUT2D eigenvalue weighted by molar-refractivity contribution is 0.102. The van der Waals surface area contributed by atoms with Crippen molar-refractivity contribution in [3.8, 4) is 6.07 Å². The molecule has 1 saturated carbocycles. The summed E-state index contributed by atoms with van der Waals surface area (Å²) in [5.41, 5.74) is 9.01. The zero-order valence-corrected chi connectivity index (χ0v) is 16.3. The van der Waals surface area contributed by atoms with E-state index in [0.717, 1.165) is 53.6 Å². The first-order valence-electron chi connectivity index (χ1n) is 9.24. The Kier molecular flexibility index (Phi) is 4.79. The first-order chi connectivity index (χ1) is 13.5. The van der Waals surface area contributed by atoms with Crippen molar-refractivity contribution in [3.63, 3.8) is 0 Å². The lowest BCUT2D eigenvalue weighted by atomic mass is 9.92. The van der Waals surface area contributed by atoms with Crippen LogP contribution in [0.15, 0.2) is 24.3 Å². The monoisotopic (exact) mass is 395 g/mol. The zero-order chi connectivity index (χ0) is 19.8. The number of benzene rings is 1. The van der Waals surface area contributed by atoms with E-state index >= 15 is 0 Å². The van der Waals surface area contributed by atoms with Crippen LogP contribution in [0.1, 0.15) is 51.8 Å². The van der Waals surface area contributed by atoms with Crippen LogP contribution >= 0.6 is 11.3 Å². The third-order valence-corrected chi connectivity index (χ3v) is 6.31. The Morgan fingerprint density at radius 1 is 1.39 bits per heavy atom. The van der Waals surface area contributed by atoms with Crippen molar-refractivity contribution in [1.82, 2.24) is 9.55 Å². The van der Waals surface area contributed by atoms with E-state index < -0.39 is 0 Å². The summed E-state index contributed by atoms with van der Waals surface area (Å²) in [5, 5.41) is 21.9. The van der Waals surface area contributed by atoms with Crippen LogP contribution in [0.4, 0.5) is 11.6 Å². The molecule has 1 amide bonds. The summed E-state index contributed by atoms with van der Waals surface area (Å²) in [6.45, 7) is 2.03. The van der Waals surface area contributed by atoms with E-state index in [4.69, 9.17) is 11.0 Å². The minimum absolute atomic E-state index is 0.160. The number of amides is 1. The van der Waals surface area contributed by atoms with Gasteiger partial charge in [0.15, 0.2) is 0 Å². The molecule has 1 aromatic carbocycles. The van der Waals surface area contributed by atoms with Crippen molar-refractivity contribution in [3.05, 3.63) is 39.6 Å². The van der Waals surface area contributed by atoms with Crippen LogP contribution in [0.3, 0.4) is 0 Å². The second-order valence-electron chi connectivity index (χ2n) is 7.17. The number of anilines is 2. The van der Waals surface area contributed by atoms with Gasteiger partial charge in [0, 0.05) is 6.04 Å². The lowest BCUT2D eigenvalue weighted by Gasteiger charge is -2.28. The third-order valence-electron chi connectivity index (χ3n) is 5.25. The topological polar surface area (TPSA) is 117 Å². The van der Waals surface area contributed by atoms with Crippen LogP contribution < -0.4 is 11.1 Å². The molecule has 7 nitrogen and oxygen atoms in total. The summed E-state index contributed by atoms with van der Waals surface area (Å²) in [6, 6.07) is 9.59. The summed E-state index contributed by atoms with van der Waals surface area (Å²) in [7, 11) is 0. The molecule has 0 aliphatic heterocycles. The predicted octanol–water partition coefficient (Wildman–Crippen LogP) is 3.59. The van der Waals surface area contributed by atoms with Gasteiger partial charge in [0.1, 0.15) is 10.9 Å². The molecule has 0 bridgehead atoms. The molecule has 0 radical (unpaired) electrons. The van der Waals surface area contributed by atoms with Crippen LogP contribution in [-0.2, 0) is 0 Å². The predicted molar refractivity (Wildman–Crippen MR) is 109 cm³/mol. The normalized spacial score (nSPS) is 19.5. The number of carbonyl (C=O) groups excluding carboxylic acids is 1. The number of rotatable bonds is 3. The van der Waals surface area contributed by atoms with Gasteiger partial charge in [-0.1, -0.05) is 12.1 Å². The molecule has 2 heterocycles. The van der Waals surface area contributed by atoms with E-state index in [0.29, 0.717) is 21.4 Å². The summed E-state index contributed by atoms with van der Waals surface area (Å²) in [4.78, 5) is 18.2. The van der Waals surface area contributed by atoms with Crippen LogP contribution in [-0.4, -0.2) is 26.7 Å². The lowest BCUT2D eigenvalue weighted by Crippen LogP contribution is -2.23. The van der Waals surface area contributed by atoms with Gasteiger partial charge in [-0.2, -0.15) is 5.26 Å². The van der Waals surface area contributed by atoms with Gasteiger partial charge in [0.25, 0.3) is 5.91 Å². The number of thiophene rings is 1. The van der Waals surface area contributed by atoms with Crippen LogP contribution in [0.5, 0.6) is 0 Å². The summed E-state index contributed by atoms with van der Waals surface area (Å²) >= 11 is 1.07. The molecule has 144 valence electrons. The fourth-order valence-electron chi connectivity index (χ4n) is 3.85. The van der Waals surface area contributed by atoms with Gasteiger partial charge in [-0.05, 0) is 50.3 Å². The molecule has 1 aliphatic rings. The highest BCUT2D eigenvalue weighted by Crippen LogP contribution is 2.36. The average Bonchev–Trinajstić information content (AvgIpc) is 3.23. The second kappa shape index (κ2) is 7.26. The quantitative estimate of drug-likeness (QED) is 0.626. The van der Waals surface area contributed by atoms with Gasteiger partial charge in [0.2, 0.25) is 5.95 Å². The first kappa shape index (κ1) is 18.5. The number of nitrogens with zero attached hydrogens (tertiary/aromatic N) is 3. The van der Waals surface area contributed by atoms with E-state index in [1.165, 1.54) is 6.07 Å². The van der Waals surface area contributed by atoms with Gasteiger partial charge < -0.3 is 15.4 Å². The average molecular weight is 395 g/mol. The van der Waals surface area contributed by atoms with Crippen molar-refractivity contribution in [1.29, 1.82) is 5.26 Å². The van der Waals surface area contributed by atoms with E-state index in [9.17, 15) is 9.90 Å². The number of nitrogens with two attached hydrogens (primary N) is 1. The van der Waals surface area contributed by atoms with Gasteiger partial charge in [-0.25, -0.2) is 4.98 Å². The molecule has 0 spiro atoms. The van der Waals surface area contributed by atoms with E-state index in [1.54, 1.807) is 0 Å². The van der Waals surface area contributed by atoms with Crippen molar-refractivity contribution in [2.75, 3.05) is 11.1 Å². The number of aliphatic hydroxyl groups is 1. The van der Waals surface area contributed by atoms with Crippen LogP contribution in [0.25, 0.3) is 11.0 Å². The van der Waals surface area contributed by atoms with Gasteiger partial charge in [-0.15, -0.1) is 11.3 Å². The summed E-state index contributed by atoms with van der Waals surface area (Å²) < 4.78 is 2.09. The SMILES string of the molecule is Cc1cccc2nc(NC(=O)c3cc(N)c(C#N)s3)n([C@H]3CC[C@H](O)CC3)c12. The summed E-state index contributed by atoms with van der Waals surface area (Å²) in [6.07, 6.45) is 2.86. The Balaban J connectivity index is 1.73. The van der Waals surface area contributed by atoms with Gasteiger partial charge >= 0.3 is 0 Å². The number of hydrogen-bond donors (Lipinski definition) is 3. The van der Waals surface area contributed by atoms with E-state index in [1.807, 2.05) is 31.2 Å². The molecular formula is C20H21N5O2S. The van der Waals surface area contributed by atoms with Gasteiger partial charge in [-0.3, -0.25) is 10.1 Å². The molecule has 1 fully saturated rings. The van der Waals surface area contributed by atoms with E-state index in [2.05, 4.69) is 14.9 Å². The highest BCUT2D eigenvalue weighted by atomic mass is 32.1. The molecule has 3 aromatic rings. The second-order valence-corrected chi connectivity index (χ2v) is 8.22. The maximum atomic E-state index is 12.8. The maximum Gasteiger partial charge on any atom is 0.268 e. The molecule has 0 unspecified atom stereocenters. The van der Waals surface area contributed by atoms with Crippen LogP contribution in [0.2, 0.25) is 0 Å². The fourth-order valence-corrected chi connectivity index (χ4v) is 4.62. The molecule has 4 N–H and O–H groups in total. The third kappa shape index (κ3) is 3.23. The largest absolute Gasteiger partial charge is 0.397 e. The number of nitriles is 1. The Hall–Kier alpha value is -2.89. The molecular weight excluding hydrogens is 374 g/mol. The smallest absolute Gasteiger partial charge is 0.268 e. The first-order valence-corrected chi connectivity index (χ1v) is 10.1. The number of aromatic nitrogens is 2. The summed E-state index contributed by atoms with van der Waals surface area (Å²) in [5.74, 6) is 0.157. The number of aliphatic hydroxyl groups excluding tert-OH is 1. The minimum Gasteiger partial charge on any atom is -0.397 e. The Bertz CT molecular complexity index is 1090. The van der Waals surface area contributed by atoms with E-state index in [-0.39, 0.29) is 18.1 Å². The number of imidazole rings is 1. The highest BCUT2D eigenvalue weighted by Gasteiger charge is 2.26. The molecule has 1 aliphatic carbocycles. The number of para-hydroxylation sites is 1. The molecule has 28 heavy (non-hydrogen) atoms. The van der Waals surface area contributed by atoms with Crippen LogP contribution in [0, 0.1) is 18.3 Å². The Labute approximate surface area is 166 Å². The maximum absolute atomic E-state index is 12.8. The Morgan fingerprint density at radius 3 is 2.82 bits per heavy atom. The highest BCUT2D eigenvalue weighted by molar-refractivity contribution is 7.15. The molecule has 4 rings (SSSR count). The fraction of sp³-hybridized carbons (Fsp3) is 0.350. The number of aryl methyl sites for hydroxylation is 1. The molecule has 2 aromatic heterocycles. The molecule has 0 saturated heterocycles. The van der Waals surface area contributed by atoms with Crippen molar-refractivity contribution < 1.29 is 9.90 Å². The zero-order valence-electron chi connectivity index (χ0n) is 15.5. The minimum atomic E-state index is -0.330. The Morgan fingerprint density at radius 2 is 2.14 bits per heavy atom. The number of hydrogen-bond acceptors (Lipinski definition) is 6. The van der Waals surface area contributed by atoms with Crippen molar-refractivity contribution in [2.45, 2.75) is 44.8 Å².